The molecule has 4 rings (SSSR count). The molecule has 2 N–H and O–H groups in total. The molecular formula is C20H18FN5O4S. The van der Waals surface area contributed by atoms with Crippen LogP contribution in [0.3, 0.4) is 0 Å². The predicted molar refractivity (Wildman–Crippen MR) is 112 cm³/mol. The first kappa shape index (κ1) is 20.8. The van der Waals surface area contributed by atoms with Gasteiger partial charge >= 0.3 is 10.2 Å². The number of nitriles is 1. The van der Waals surface area contributed by atoms with Crippen molar-refractivity contribution in [2.24, 2.45) is 0 Å². The van der Waals surface area contributed by atoms with Crippen LogP contribution in [-0.4, -0.2) is 35.8 Å². The molecule has 0 spiro atoms. The third-order valence-electron chi connectivity index (χ3n) is 4.95. The first-order valence-electron chi connectivity index (χ1n) is 9.55. The topological polar surface area (TPSA) is 128 Å². The standard InChI is InChI=1S/C20H18FN5O4S/c21-16-5-7-18(25-31(28,29)26-8-2-1-3-9-26)15(11-22)19(16)30-13-4-6-17-14(10-13)20(27)24-12-23-17/h4-7,10,12,25H,1-3,8-9H2,(H,23,24,27). The van der Waals surface area contributed by atoms with E-state index in [9.17, 15) is 22.9 Å². The van der Waals surface area contributed by atoms with E-state index in [0.29, 0.717) is 18.6 Å². The number of piperidine rings is 1. The van der Waals surface area contributed by atoms with Gasteiger partial charge in [-0.05, 0) is 43.2 Å². The number of fused-ring (bicyclic) bond motifs is 1. The van der Waals surface area contributed by atoms with Gasteiger partial charge in [-0.15, -0.1) is 0 Å². The van der Waals surface area contributed by atoms with Crippen LogP contribution in [-0.2, 0) is 10.2 Å². The number of aromatic amines is 1. The van der Waals surface area contributed by atoms with Crippen molar-refractivity contribution in [2.75, 3.05) is 17.8 Å². The zero-order chi connectivity index (χ0) is 22.0. The summed E-state index contributed by atoms with van der Waals surface area (Å²) in [6.45, 7) is 0.753. The maximum atomic E-state index is 14.5. The normalized spacial score (nSPS) is 14.8. The van der Waals surface area contributed by atoms with Gasteiger partial charge in [0.25, 0.3) is 5.56 Å². The first-order chi connectivity index (χ1) is 14.9. The van der Waals surface area contributed by atoms with Crippen LogP contribution in [0.2, 0.25) is 0 Å². The highest BCUT2D eigenvalue weighted by Gasteiger charge is 2.26. The van der Waals surface area contributed by atoms with E-state index < -0.39 is 27.3 Å². The number of aromatic nitrogens is 2. The van der Waals surface area contributed by atoms with E-state index in [-0.39, 0.29) is 22.4 Å². The fourth-order valence-electron chi connectivity index (χ4n) is 3.39. The molecule has 1 aromatic heterocycles. The molecule has 3 aromatic rings. The van der Waals surface area contributed by atoms with Gasteiger partial charge in [-0.2, -0.15) is 18.0 Å². The van der Waals surface area contributed by atoms with Crippen LogP contribution in [0.4, 0.5) is 10.1 Å². The lowest BCUT2D eigenvalue weighted by molar-refractivity contribution is 0.349. The molecule has 0 saturated carbocycles. The molecule has 0 radical (unpaired) electrons. The van der Waals surface area contributed by atoms with Crippen LogP contribution in [0, 0.1) is 17.1 Å². The summed E-state index contributed by atoms with van der Waals surface area (Å²) in [6, 6.07) is 8.36. The molecule has 1 saturated heterocycles. The van der Waals surface area contributed by atoms with Crippen molar-refractivity contribution in [2.45, 2.75) is 19.3 Å². The number of nitrogens with zero attached hydrogens (tertiary/aromatic N) is 3. The zero-order valence-electron chi connectivity index (χ0n) is 16.3. The summed E-state index contributed by atoms with van der Waals surface area (Å²) in [6.07, 6.45) is 3.71. The highest BCUT2D eigenvalue weighted by molar-refractivity contribution is 7.90. The van der Waals surface area contributed by atoms with Crippen molar-refractivity contribution < 1.29 is 17.5 Å². The molecule has 0 unspecified atom stereocenters. The number of rotatable bonds is 5. The number of halogens is 1. The molecule has 1 fully saturated rings. The summed E-state index contributed by atoms with van der Waals surface area (Å²) in [5, 5.41) is 9.84. The number of anilines is 1. The van der Waals surface area contributed by atoms with Gasteiger partial charge in [-0.25, -0.2) is 9.37 Å². The van der Waals surface area contributed by atoms with E-state index >= 15 is 0 Å². The number of nitrogens with one attached hydrogen (secondary N) is 2. The van der Waals surface area contributed by atoms with E-state index in [1.165, 1.54) is 34.9 Å². The molecular weight excluding hydrogens is 425 g/mol. The van der Waals surface area contributed by atoms with E-state index in [1.54, 1.807) is 0 Å². The van der Waals surface area contributed by atoms with Crippen molar-refractivity contribution in [3.8, 4) is 17.6 Å². The largest absolute Gasteiger partial charge is 0.453 e. The van der Waals surface area contributed by atoms with Gasteiger partial charge in [-0.3, -0.25) is 9.52 Å². The van der Waals surface area contributed by atoms with Gasteiger partial charge < -0.3 is 9.72 Å². The molecule has 0 aliphatic carbocycles. The van der Waals surface area contributed by atoms with Gasteiger partial charge in [0.15, 0.2) is 11.6 Å². The summed E-state index contributed by atoms with van der Waals surface area (Å²) in [5.74, 6) is -1.20. The van der Waals surface area contributed by atoms with Gasteiger partial charge in [0.1, 0.15) is 17.4 Å². The number of H-pyrrole nitrogens is 1. The molecule has 9 nitrogen and oxygen atoms in total. The molecule has 2 heterocycles. The summed E-state index contributed by atoms with van der Waals surface area (Å²) in [4.78, 5) is 18.4. The minimum absolute atomic E-state index is 0.0928. The van der Waals surface area contributed by atoms with Crippen LogP contribution >= 0.6 is 0 Å². The van der Waals surface area contributed by atoms with Crippen LogP contribution in [0.25, 0.3) is 10.9 Å². The minimum Gasteiger partial charge on any atom is -0.453 e. The summed E-state index contributed by atoms with van der Waals surface area (Å²) in [7, 11) is -3.91. The fraction of sp³-hybridized carbons (Fsp3) is 0.250. The van der Waals surface area contributed by atoms with Crippen molar-refractivity contribution in [3.05, 3.63) is 58.4 Å². The second kappa shape index (κ2) is 8.33. The Kier molecular flexibility index (Phi) is 5.58. The summed E-state index contributed by atoms with van der Waals surface area (Å²) < 4.78 is 49.1. The smallest absolute Gasteiger partial charge is 0.301 e. The average molecular weight is 443 g/mol. The Labute approximate surface area is 177 Å². The Morgan fingerprint density at radius 3 is 2.71 bits per heavy atom. The minimum atomic E-state index is -3.91. The lowest BCUT2D eigenvalue weighted by Gasteiger charge is -2.26. The van der Waals surface area contributed by atoms with E-state index in [4.69, 9.17) is 4.74 Å². The van der Waals surface area contributed by atoms with Crippen LogP contribution in [0.15, 0.2) is 41.5 Å². The third-order valence-corrected chi connectivity index (χ3v) is 6.47. The van der Waals surface area contributed by atoms with E-state index in [0.717, 1.165) is 25.3 Å². The Hall–Kier alpha value is -3.49. The average Bonchev–Trinajstić information content (AvgIpc) is 2.77. The molecule has 0 bridgehead atoms. The molecule has 11 heteroatoms. The molecule has 0 amide bonds. The van der Waals surface area contributed by atoms with Crippen molar-refractivity contribution in [1.29, 1.82) is 5.26 Å². The van der Waals surface area contributed by atoms with Crippen molar-refractivity contribution >= 4 is 26.8 Å². The Bertz CT molecular complexity index is 1340. The maximum Gasteiger partial charge on any atom is 0.301 e. The summed E-state index contributed by atoms with van der Waals surface area (Å²) >= 11 is 0. The van der Waals surface area contributed by atoms with Crippen molar-refractivity contribution in [3.63, 3.8) is 0 Å². The molecule has 0 atom stereocenters. The van der Waals surface area contributed by atoms with Gasteiger partial charge in [0.2, 0.25) is 0 Å². The van der Waals surface area contributed by atoms with Crippen LogP contribution in [0.1, 0.15) is 24.8 Å². The lowest BCUT2D eigenvalue weighted by Crippen LogP contribution is -2.39. The quantitative estimate of drug-likeness (QED) is 0.624. The van der Waals surface area contributed by atoms with Crippen LogP contribution in [0.5, 0.6) is 11.5 Å². The number of hydrogen-bond acceptors (Lipinski definition) is 6. The van der Waals surface area contributed by atoms with E-state index in [1.807, 2.05) is 6.07 Å². The second-order valence-electron chi connectivity index (χ2n) is 6.99. The van der Waals surface area contributed by atoms with Gasteiger partial charge in [-0.1, -0.05) is 6.42 Å². The van der Waals surface area contributed by atoms with E-state index in [2.05, 4.69) is 14.7 Å². The van der Waals surface area contributed by atoms with Gasteiger partial charge in [0.05, 0.1) is 22.9 Å². The molecule has 160 valence electrons. The highest BCUT2D eigenvalue weighted by Crippen LogP contribution is 2.34. The predicted octanol–water partition coefficient (Wildman–Crippen LogP) is 2.87. The number of ether oxygens (including phenoxy) is 1. The SMILES string of the molecule is N#Cc1c(NS(=O)(=O)N2CCCCC2)ccc(F)c1Oc1ccc2nc[nH]c(=O)c2c1. The summed E-state index contributed by atoms with van der Waals surface area (Å²) in [5.41, 5.74) is -0.384. The van der Waals surface area contributed by atoms with Crippen molar-refractivity contribution in [1.82, 2.24) is 14.3 Å². The Morgan fingerprint density at radius 1 is 1.19 bits per heavy atom. The molecule has 1 aliphatic rings. The highest BCUT2D eigenvalue weighted by atomic mass is 32.2. The van der Waals surface area contributed by atoms with Gasteiger partial charge in [0, 0.05) is 13.1 Å². The Morgan fingerprint density at radius 2 is 1.97 bits per heavy atom. The first-order valence-corrected chi connectivity index (χ1v) is 11.0. The van der Waals surface area contributed by atoms with Crippen LogP contribution < -0.4 is 15.0 Å². The molecule has 2 aromatic carbocycles. The third kappa shape index (κ3) is 4.21. The molecule has 1 aliphatic heterocycles. The lowest BCUT2D eigenvalue weighted by atomic mass is 10.1. The fourth-order valence-corrected chi connectivity index (χ4v) is 4.71. The molecule has 31 heavy (non-hydrogen) atoms. The maximum absolute atomic E-state index is 14.5. The Balaban J connectivity index is 1.70. The number of benzene rings is 2. The zero-order valence-corrected chi connectivity index (χ0v) is 17.1. The second-order valence-corrected chi connectivity index (χ2v) is 8.66. The number of hydrogen-bond donors (Lipinski definition) is 2. The monoisotopic (exact) mass is 443 g/mol.